The Labute approximate surface area is 151 Å². The van der Waals surface area contributed by atoms with Gasteiger partial charge in [-0.1, -0.05) is 30.3 Å². The zero-order valence-electron chi connectivity index (χ0n) is 13.6. The monoisotopic (exact) mass is 356 g/mol. The molecule has 25 heavy (non-hydrogen) atoms. The van der Waals surface area contributed by atoms with Crippen molar-refractivity contribution in [1.29, 1.82) is 0 Å². The van der Waals surface area contributed by atoms with Crippen LogP contribution in [0, 0.1) is 0 Å². The predicted octanol–water partition coefficient (Wildman–Crippen LogP) is -0.562. The molecule has 0 unspecified atom stereocenters. The molecule has 0 N–H and O–H groups in total. The Balaban J connectivity index is 0.00000225. The Morgan fingerprint density at radius 2 is 1.68 bits per heavy atom. The summed E-state index contributed by atoms with van der Waals surface area (Å²) in [5, 5.41) is 0. The number of aromatic nitrogens is 2. The number of esters is 1. The summed E-state index contributed by atoms with van der Waals surface area (Å²) < 4.78 is 8.40. The number of ketones is 1. The molecular weight excluding hydrogens is 340 g/mol. The lowest BCUT2D eigenvalue weighted by Gasteiger charge is -2.00. The number of benzene rings is 2. The smallest absolute Gasteiger partial charge is 0.337 e. The summed E-state index contributed by atoms with van der Waals surface area (Å²) >= 11 is 0. The normalized spacial score (nSPS) is 9.96. The first-order chi connectivity index (χ1) is 11.7. The van der Waals surface area contributed by atoms with E-state index in [1.807, 2.05) is 70.3 Å². The number of carbonyl (C=O) groups excluding carboxylic acids is 2. The van der Waals surface area contributed by atoms with Gasteiger partial charge in [0.2, 0.25) is 12.1 Å². The predicted molar refractivity (Wildman–Crippen MR) is 88.1 cm³/mol. The van der Waals surface area contributed by atoms with E-state index in [1.165, 1.54) is 7.11 Å². The largest absolute Gasteiger partial charge is 1.00 e. The zero-order chi connectivity index (χ0) is 16.9. The van der Waals surface area contributed by atoms with Crippen LogP contribution in [0.4, 0.5) is 0 Å². The summed E-state index contributed by atoms with van der Waals surface area (Å²) in [4.78, 5) is 23.7. The molecule has 1 heterocycles. The third-order valence-electron chi connectivity index (χ3n) is 3.70. The summed E-state index contributed by atoms with van der Waals surface area (Å²) in [5.74, 6) is -0.308. The third-order valence-corrected chi connectivity index (χ3v) is 3.70. The number of halogens is 1. The van der Waals surface area contributed by atoms with E-state index in [9.17, 15) is 9.59 Å². The van der Waals surface area contributed by atoms with Crippen molar-refractivity contribution < 1.29 is 31.3 Å². The molecule has 0 atom stereocenters. The van der Waals surface area contributed by atoms with Gasteiger partial charge in [-0.05, 0) is 24.3 Å². The van der Waals surface area contributed by atoms with Crippen LogP contribution in [0.3, 0.4) is 0 Å². The number of rotatable bonds is 5. The Morgan fingerprint density at radius 3 is 2.32 bits per heavy atom. The molecule has 0 saturated heterocycles. The minimum absolute atomic E-state index is 0. The molecule has 0 aliphatic heterocycles. The summed E-state index contributed by atoms with van der Waals surface area (Å²) in [6.07, 6.45) is 5.55. The van der Waals surface area contributed by atoms with E-state index in [0.717, 1.165) is 5.69 Å². The van der Waals surface area contributed by atoms with Crippen molar-refractivity contribution in [3.05, 3.63) is 84.4 Å². The second-order valence-corrected chi connectivity index (χ2v) is 5.32. The third kappa shape index (κ3) is 4.33. The van der Waals surface area contributed by atoms with Crippen molar-refractivity contribution >= 4 is 11.8 Å². The Morgan fingerprint density at radius 1 is 1.00 bits per heavy atom. The van der Waals surface area contributed by atoms with Gasteiger partial charge >= 0.3 is 5.97 Å². The summed E-state index contributed by atoms with van der Waals surface area (Å²) in [6, 6.07) is 16.3. The van der Waals surface area contributed by atoms with Gasteiger partial charge in [-0.2, -0.15) is 0 Å². The van der Waals surface area contributed by atoms with Gasteiger partial charge in [-0.15, -0.1) is 0 Å². The molecule has 0 radical (unpaired) electrons. The van der Waals surface area contributed by atoms with Gasteiger partial charge in [0.1, 0.15) is 18.1 Å². The fourth-order valence-electron chi connectivity index (χ4n) is 2.41. The Bertz CT molecular complexity index is 858. The summed E-state index contributed by atoms with van der Waals surface area (Å²) in [5.41, 5.74) is 2.09. The first-order valence-electron chi connectivity index (χ1n) is 7.51. The standard InChI is InChI=1S/C19H17N2O3.ClH/c1-24-19(23)16-7-9-17(10-8-16)21-12-11-20(14-21)13-18(22)15-5-3-2-4-6-15;/h2-12,14H,13H2,1H3;1H/q+1;/p-1. The molecule has 6 heteroatoms. The van der Waals surface area contributed by atoms with Gasteiger partial charge in [0.25, 0.3) is 0 Å². The molecule has 0 spiro atoms. The number of imidazole rings is 1. The van der Waals surface area contributed by atoms with Gasteiger partial charge < -0.3 is 17.1 Å². The Kier molecular flexibility index (Phi) is 6.08. The van der Waals surface area contributed by atoms with Gasteiger partial charge in [0.15, 0.2) is 6.54 Å². The number of hydrogen-bond donors (Lipinski definition) is 0. The van der Waals surface area contributed by atoms with E-state index in [0.29, 0.717) is 11.1 Å². The van der Waals surface area contributed by atoms with Crippen LogP contribution < -0.4 is 17.0 Å². The van der Waals surface area contributed by atoms with Crippen LogP contribution in [-0.4, -0.2) is 23.4 Å². The van der Waals surface area contributed by atoms with E-state index >= 15 is 0 Å². The molecule has 0 bridgehead atoms. The van der Waals surface area contributed by atoms with Crippen molar-refractivity contribution in [2.24, 2.45) is 0 Å². The van der Waals surface area contributed by atoms with Crippen molar-refractivity contribution in [3.8, 4) is 5.69 Å². The molecular formula is C19H17ClN2O3. The van der Waals surface area contributed by atoms with E-state index in [1.54, 1.807) is 12.1 Å². The van der Waals surface area contributed by atoms with E-state index in [-0.39, 0.29) is 30.7 Å². The molecule has 3 aromatic rings. The van der Waals surface area contributed by atoms with Crippen LogP contribution in [0.1, 0.15) is 20.7 Å². The maximum absolute atomic E-state index is 12.2. The Hall–Kier alpha value is -2.92. The highest BCUT2D eigenvalue weighted by molar-refractivity contribution is 5.94. The highest BCUT2D eigenvalue weighted by atomic mass is 35.5. The second-order valence-electron chi connectivity index (χ2n) is 5.32. The second kappa shape index (κ2) is 8.26. The quantitative estimate of drug-likeness (QED) is 0.350. The first kappa shape index (κ1) is 18.4. The fourth-order valence-corrected chi connectivity index (χ4v) is 2.41. The molecule has 3 rings (SSSR count). The topological polar surface area (TPSA) is 52.2 Å². The van der Waals surface area contributed by atoms with Gasteiger partial charge in [0, 0.05) is 5.56 Å². The molecule has 0 aliphatic carbocycles. The molecule has 2 aromatic carbocycles. The fraction of sp³-hybridized carbons (Fsp3) is 0.105. The van der Waals surface area contributed by atoms with Crippen LogP contribution in [-0.2, 0) is 11.3 Å². The highest BCUT2D eigenvalue weighted by Crippen LogP contribution is 2.10. The van der Waals surface area contributed by atoms with Crippen LogP contribution in [0.15, 0.2) is 73.3 Å². The van der Waals surface area contributed by atoms with Crippen molar-refractivity contribution in [2.45, 2.75) is 6.54 Å². The SMILES string of the molecule is COC(=O)c1ccc(-n2cc[n+](CC(=O)c3ccccc3)c2)cc1.[Cl-]. The molecule has 0 saturated carbocycles. The molecule has 5 nitrogen and oxygen atoms in total. The van der Waals surface area contributed by atoms with Gasteiger partial charge in [-0.3, -0.25) is 4.79 Å². The lowest BCUT2D eigenvalue weighted by Crippen LogP contribution is -3.00. The molecule has 0 aliphatic rings. The molecule has 0 amide bonds. The van der Waals surface area contributed by atoms with Crippen molar-refractivity contribution in [1.82, 2.24) is 4.57 Å². The minimum Gasteiger partial charge on any atom is -1.00 e. The zero-order valence-corrected chi connectivity index (χ0v) is 14.4. The van der Waals surface area contributed by atoms with Gasteiger partial charge in [-0.25, -0.2) is 13.9 Å². The van der Waals surface area contributed by atoms with E-state index < -0.39 is 0 Å². The summed E-state index contributed by atoms with van der Waals surface area (Å²) in [7, 11) is 1.36. The van der Waals surface area contributed by atoms with Crippen molar-refractivity contribution in [2.75, 3.05) is 7.11 Å². The number of hydrogen-bond acceptors (Lipinski definition) is 3. The molecule has 128 valence electrons. The van der Waals surface area contributed by atoms with E-state index in [4.69, 9.17) is 0 Å². The minimum atomic E-state index is -0.363. The molecule has 1 aromatic heterocycles. The number of Topliss-reactive ketones (excluding diaryl/α,β-unsaturated/α-hetero) is 1. The first-order valence-corrected chi connectivity index (χ1v) is 7.51. The maximum atomic E-state index is 12.2. The number of ether oxygens (including phenoxy) is 1. The molecule has 0 fully saturated rings. The highest BCUT2D eigenvalue weighted by Gasteiger charge is 2.13. The summed E-state index contributed by atoms with van der Waals surface area (Å²) in [6.45, 7) is 0.275. The number of nitrogens with zero attached hydrogens (tertiary/aromatic N) is 2. The van der Waals surface area contributed by atoms with Crippen LogP contribution in [0.25, 0.3) is 5.69 Å². The average Bonchev–Trinajstić information content (AvgIpc) is 3.10. The van der Waals surface area contributed by atoms with Gasteiger partial charge in [0.05, 0.1) is 12.7 Å². The van der Waals surface area contributed by atoms with Crippen LogP contribution in [0.5, 0.6) is 0 Å². The number of carbonyl (C=O) groups is 2. The lowest BCUT2D eigenvalue weighted by molar-refractivity contribution is -0.682. The van der Waals surface area contributed by atoms with Crippen molar-refractivity contribution in [3.63, 3.8) is 0 Å². The van der Waals surface area contributed by atoms with Crippen LogP contribution in [0.2, 0.25) is 0 Å². The van der Waals surface area contributed by atoms with Crippen LogP contribution >= 0.6 is 0 Å². The average molecular weight is 357 g/mol. The number of methoxy groups -OCH3 is 1. The van der Waals surface area contributed by atoms with E-state index in [2.05, 4.69) is 4.74 Å². The maximum Gasteiger partial charge on any atom is 0.337 e. The lowest BCUT2D eigenvalue weighted by atomic mass is 10.1.